The Bertz CT molecular complexity index is 471. The molecule has 0 saturated carbocycles. The van der Waals surface area contributed by atoms with E-state index in [1.807, 2.05) is 0 Å². The second-order valence-corrected chi connectivity index (χ2v) is 4.28. The summed E-state index contributed by atoms with van der Waals surface area (Å²) in [5, 5.41) is 0. The van der Waals surface area contributed by atoms with E-state index in [-0.39, 0.29) is 10.6 Å². The van der Waals surface area contributed by atoms with Gasteiger partial charge in [0, 0.05) is 5.56 Å². The van der Waals surface area contributed by atoms with Gasteiger partial charge in [0.15, 0.2) is 0 Å². The first kappa shape index (κ1) is 16.7. The number of hydrogen-bond acceptors (Lipinski definition) is 2. The summed E-state index contributed by atoms with van der Waals surface area (Å²) >= 11 is 4.65. The summed E-state index contributed by atoms with van der Waals surface area (Å²) in [4.78, 5) is -0.0185. The smallest absolute Gasteiger partial charge is 0.389 e. The number of alkyl halides is 6. The molecule has 20 heavy (non-hydrogen) atoms. The van der Waals surface area contributed by atoms with Crippen molar-refractivity contribution in [2.75, 3.05) is 0 Å². The van der Waals surface area contributed by atoms with Crippen molar-refractivity contribution in [2.24, 2.45) is 5.73 Å². The third-order valence-electron chi connectivity index (χ3n) is 2.22. The Morgan fingerprint density at radius 3 is 2.15 bits per heavy atom. The molecule has 0 atom stereocenters. The number of hydrogen-bond donors (Lipinski definition) is 1. The van der Waals surface area contributed by atoms with E-state index in [1.165, 1.54) is 24.3 Å². The molecule has 0 aliphatic carbocycles. The average molecular weight is 317 g/mol. The lowest BCUT2D eigenvalue weighted by Gasteiger charge is -2.23. The first-order valence-electron chi connectivity index (χ1n) is 5.15. The molecule has 0 saturated heterocycles. The summed E-state index contributed by atoms with van der Waals surface area (Å²) in [6.07, 6.45) is -14.9. The molecule has 112 valence electrons. The summed E-state index contributed by atoms with van der Waals surface area (Å²) in [6, 6.07) is 5.47. The maximum Gasteiger partial charge on any atom is 0.423 e. The molecule has 2 N–H and O–H groups in total. The fraction of sp³-hybridized carbons (Fsp3) is 0.364. The number of benzene rings is 1. The van der Waals surface area contributed by atoms with Crippen LogP contribution in [0.25, 0.3) is 0 Å². The number of halogens is 6. The number of rotatable bonds is 4. The van der Waals surface area contributed by atoms with Crippen molar-refractivity contribution in [3.8, 4) is 0 Å². The van der Waals surface area contributed by atoms with Crippen molar-refractivity contribution in [3.05, 3.63) is 35.4 Å². The fourth-order valence-electron chi connectivity index (χ4n) is 1.37. The summed E-state index contributed by atoms with van der Waals surface area (Å²) in [5.74, 6) is 0. The van der Waals surface area contributed by atoms with E-state index in [9.17, 15) is 26.3 Å². The van der Waals surface area contributed by atoms with Crippen molar-refractivity contribution in [1.29, 1.82) is 0 Å². The van der Waals surface area contributed by atoms with Crippen molar-refractivity contribution >= 4 is 17.2 Å². The van der Waals surface area contributed by atoms with Gasteiger partial charge < -0.3 is 10.5 Å². The van der Waals surface area contributed by atoms with Crippen LogP contribution >= 0.6 is 12.2 Å². The molecule has 1 aromatic rings. The number of ether oxygens (including phenoxy) is 1. The van der Waals surface area contributed by atoms with Gasteiger partial charge in [0.05, 0.1) is 6.61 Å². The minimum atomic E-state index is -5.53. The van der Waals surface area contributed by atoms with Gasteiger partial charge in [-0.3, -0.25) is 0 Å². The van der Waals surface area contributed by atoms with Crippen LogP contribution in [0.3, 0.4) is 0 Å². The largest absolute Gasteiger partial charge is 0.423 e. The third-order valence-corrected chi connectivity index (χ3v) is 2.46. The Morgan fingerprint density at radius 1 is 1.15 bits per heavy atom. The van der Waals surface area contributed by atoms with E-state index in [2.05, 4.69) is 17.0 Å². The standard InChI is InChI=1S/C11H9F6NOS/c12-10(13,14)9(11(15,16)17)19-5-6-2-1-3-7(4-6)8(18)20/h1-4,9H,5H2,(H2,18,20). The summed E-state index contributed by atoms with van der Waals surface area (Å²) in [6.45, 7) is -0.861. The summed E-state index contributed by atoms with van der Waals surface area (Å²) in [7, 11) is 0. The molecular weight excluding hydrogens is 308 g/mol. The van der Waals surface area contributed by atoms with Gasteiger partial charge in [0.25, 0.3) is 0 Å². The van der Waals surface area contributed by atoms with Gasteiger partial charge in [-0.05, 0) is 11.6 Å². The quantitative estimate of drug-likeness (QED) is 0.683. The Morgan fingerprint density at radius 2 is 1.70 bits per heavy atom. The minimum absolute atomic E-state index is 0.0185. The maximum atomic E-state index is 12.2. The molecule has 0 spiro atoms. The van der Waals surface area contributed by atoms with E-state index >= 15 is 0 Å². The van der Waals surface area contributed by atoms with Gasteiger partial charge in [-0.1, -0.05) is 30.4 Å². The molecule has 1 rings (SSSR count). The molecule has 0 unspecified atom stereocenters. The monoisotopic (exact) mass is 317 g/mol. The van der Waals surface area contributed by atoms with Gasteiger partial charge in [-0.15, -0.1) is 0 Å². The predicted molar refractivity (Wildman–Crippen MR) is 63.0 cm³/mol. The second-order valence-electron chi connectivity index (χ2n) is 3.84. The molecule has 0 fully saturated rings. The van der Waals surface area contributed by atoms with Crippen LogP contribution in [-0.2, 0) is 11.3 Å². The zero-order chi connectivity index (χ0) is 15.6. The van der Waals surface area contributed by atoms with Gasteiger partial charge in [-0.2, -0.15) is 26.3 Å². The topological polar surface area (TPSA) is 35.2 Å². The van der Waals surface area contributed by atoms with Crippen LogP contribution in [0.5, 0.6) is 0 Å². The molecule has 0 aliphatic heterocycles. The van der Waals surface area contributed by atoms with E-state index in [4.69, 9.17) is 5.73 Å². The van der Waals surface area contributed by atoms with Crippen LogP contribution < -0.4 is 5.73 Å². The summed E-state index contributed by atoms with van der Waals surface area (Å²) < 4.78 is 77.4. The zero-order valence-electron chi connectivity index (χ0n) is 9.76. The van der Waals surface area contributed by atoms with Crippen molar-refractivity contribution in [1.82, 2.24) is 0 Å². The van der Waals surface area contributed by atoms with Crippen LogP contribution in [0.1, 0.15) is 11.1 Å². The maximum absolute atomic E-state index is 12.2. The first-order valence-corrected chi connectivity index (χ1v) is 5.56. The molecular formula is C11H9F6NOS. The molecule has 1 aromatic carbocycles. The highest BCUT2D eigenvalue weighted by atomic mass is 32.1. The zero-order valence-corrected chi connectivity index (χ0v) is 10.6. The van der Waals surface area contributed by atoms with Crippen LogP contribution in [0.15, 0.2) is 24.3 Å². The lowest BCUT2D eigenvalue weighted by molar-refractivity contribution is -0.324. The van der Waals surface area contributed by atoms with E-state index in [0.29, 0.717) is 5.56 Å². The molecule has 0 aliphatic rings. The van der Waals surface area contributed by atoms with E-state index in [1.54, 1.807) is 0 Å². The van der Waals surface area contributed by atoms with Crippen molar-refractivity contribution < 1.29 is 31.1 Å². The Labute approximate surface area is 115 Å². The fourth-order valence-corrected chi connectivity index (χ4v) is 1.50. The Hall–Kier alpha value is -1.35. The van der Waals surface area contributed by atoms with Gasteiger partial charge in [0.2, 0.25) is 6.10 Å². The van der Waals surface area contributed by atoms with Gasteiger partial charge in [-0.25, -0.2) is 0 Å². The van der Waals surface area contributed by atoms with Crippen molar-refractivity contribution in [2.45, 2.75) is 25.1 Å². The molecule has 0 aromatic heterocycles. The normalized spacial score (nSPS) is 12.8. The average Bonchev–Trinajstić information content (AvgIpc) is 2.25. The number of thiocarbonyl (C=S) groups is 1. The first-order chi connectivity index (χ1) is 9.01. The third kappa shape index (κ3) is 4.64. The van der Waals surface area contributed by atoms with Crippen LogP contribution in [0.4, 0.5) is 26.3 Å². The Kier molecular flexibility index (Phi) is 4.98. The van der Waals surface area contributed by atoms with Crippen LogP contribution in [0, 0.1) is 0 Å². The molecule has 2 nitrogen and oxygen atoms in total. The van der Waals surface area contributed by atoms with Gasteiger partial charge >= 0.3 is 12.4 Å². The lowest BCUT2D eigenvalue weighted by atomic mass is 10.1. The SMILES string of the molecule is NC(=S)c1cccc(COC(C(F)(F)F)C(F)(F)F)c1. The summed E-state index contributed by atoms with van der Waals surface area (Å²) in [5.41, 5.74) is 5.74. The minimum Gasteiger partial charge on any atom is -0.389 e. The highest BCUT2D eigenvalue weighted by Gasteiger charge is 2.57. The molecule has 9 heteroatoms. The van der Waals surface area contributed by atoms with Crippen LogP contribution in [-0.4, -0.2) is 23.4 Å². The molecule has 0 bridgehead atoms. The van der Waals surface area contributed by atoms with E-state index < -0.39 is 25.1 Å². The van der Waals surface area contributed by atoms with E-state index in [0.717, 1.165) is 0 Å². The molecule has 0 radical (unpaired) electrons. The molecule has 0 heterocycles. The lowest BCUT2D eigenvalue weighted by Crippen LogP contribution is -2.44. The highest BCUT2D eigenvalue weighted by molar-refractivity contribution is 7.80. The van der Waals surface area contributed by atoms with Gasteiger partial charge in [0.1, 0.15) is 4.99 Å². The van der Waals surface area contributed by atoms with Crippen LogP contribution in [0.2, 0.25) is 0 Å². The number of nitrogens with two attached hydrogens (primary N) is 1. The second kappa shape index (κ2) is 5.96. The van der Waals surface area contributed by atoms with Crippen molar-refractivity contribution in [3.63, 3.8) is 0 Å². The Balaban J connectivity index is 2.83. The predicted octanol–water partition coefficient (Wildman–Crippen LogP) is 3.33. The highest BCUT2D eigenvalue weighted by Crippen LogP contribution is 2.36. The molecule has 0 amide bonds.